The van der Waals surface area contributed by atoms with Crippen LogP contribution in [0.5, 0.6) is 0 Å². The zero-order valence-electron chi connectivity index (χ0n) is 9.30. The van der Waals surface area contributed by atoms with Gasteiger partial charge in [0, 0.05) is 17.9 Å². The Morgan fingerprint density at radius 2 is 1.56 bits per heavy atom. The molecule has 0 heterocycles. The van der Waals surface area contributed by atoms with Crippen molar-refractivity contribution in [2.24, 2.45) is 0 Å². The molecule has 0 radical (unpaired) electrons. The number of carbonyl (C=O) groups excluding carboxylic acids is 2. The molecule has 0 aromatic heterocycles. The quantitative estimate of drug-likeness (QED) is 0.509. The monoisotopic (exact) mass is 270 g/mol. The molecule has 0 bridgehead atoms. The SMILES string of the molecule is O=C([O-])CC(C(=O)[O-])c1ccccc1.[K+].[K+]. The fourth-order valence-electron chi connectivity index (χ4n) is 1.19. The summed E-state index contributed by atoms with van der Waals surface area (Å²) in [5.41, 5.74) is 0.414. The van der Waals surface area contributed by atoms with Crippen LogP contribution in [0.25, 0.3) is 0 Å². The molecule has 1 aromatic rings. The molecule has 0 aliphatic rings. The standard InChI is InChI=1S/C10H10O4.2K/c11-9(12)6-8(10(13)14)7-4-2-1-3-5-7;;/h1-5,8H,6H2,(H,11,12)(H,13,14);;/q;2*+1/p-2. The van der Waals surface area contributed by atoms with Crippen molar-refractivity contribution in [3.63, 3.8) is 0 Å². The van der Waals surface area contributed by atoms with Gasteiger partial charge < -0.3 is 19.8 Å². The van der Waals surface area contributed by atoms with E-state index in [1.807, 2.05) is 0 Å². The number of benzene rings is 1. The van der Waals surface area contributed by atoms with Gasteiger partial charge in [-0.1, -0.05) is 30.3 Å². The first kappa shape index (κ1) is 19.8. The Morgan fingerprint density at radius 1 is 1.06 bits per heavy atom. The molecule has 0 aliphatic heterocycles. The summed E-state index contributed by atoms with van der Waals surface area (Å²) in [6.45, 7) is 0. The molecular formula is C10H8K2O4. The van der Waals surface area contributed by atoms with Crippen molar-refractivity contribution in [2.75, 3.05) is 0 Å². The van der Waals surface area contributed by atoms with Crippen LogP contribution >= 0.6 is 0 Å². The van der Waals surface area contributed by atoms with E-state index in [9.17, 15) is 19.8 Å². The summed E-state index contributed by atoms with van der Waals surface area (Å²) < 4.78 is 0. The van der Waals surface area contributed by atoms with Crippen molar-refractivity contribution in [3.05, 3.63) is 35.9 Å². The molecule has 4 nitrogen and oxygen atoms in total. The fourth-order valence-corrected chi connectivity index (χ4v) is 1.19. The third-order valence-corrected chi connectivity index (χ3v) is 1.86. The first-order valence-corrected chi connectivity index (χ1v) is 4.07. The maximum Gasteiger partial charge on any atom is 1.00 e. The van der Waals surface area contributed by atoms with Crippen LogP contribution in [0.15, 0.2) is 30.3 Å². The summed E-state index contributed by atoms with van der Waals surface area (Å²) in [5, 5.41) is 20.9. The Bertz CT molecular complexity index is 340. The van der Waals surface area contributed by atoms with Gasteiger partial charge in [0.2, 0.25) is 0 Å². The van der Waals surface area contributed by atoms with Gasteiger partial charge in [-0.15, -0.1) is 0 Å². The van der Waals surface area contributed by atoms with E-state index >= 15 is 0 Å². The van der Waals surface area contributed by atoms with Crippen molar-refractivity contribution in [2.45, 2.75) is 12.3 Å². The molecule has 16 heavy (non-hydrogen) atoms. The average Bonchev–Trinajstić information content (AvgIpc) is 2.15. The number of carboxylic acid groups (broad SMARTS) is 2. The van der Waals surface area contributed by atoms with Gasteiger partial charge in [0.15, 0.2) is 0 Å². The summed E-state index contributed by atoms with van der Waals surface area (Å²) in [4.78, 5) is 20.9. The van der Waals surface area contributed by atoms with Crippen LogP contribution in [0.4, 0.5) is 0 Å². The summed E-state index contributed by atoms with van der Waals surface area (Å²) in [5.74, 6) is -3.94. The maximum atomic E-state index is 10.6. The summed E-state index contributed by atoms with van der Waals surface area (Å²) >= 11 is 0. The smallest absolute Gasteiger partial charge is 0.550 e. The van der Waals surface area contributed by atoms with Gasteiger partial charge in [0.25, 0.3) is 0 Å². The Hall–Kier alpha value is 1.43. The summed E-state index contributed by atoms with van der Waals surface area (Å²) in [6.07, 6.45) is -0.563. The van der Waals surface area contributed by atoms with Crippen LogP contribution in [0.1, 0.15) is 17.9 Å². The molecule has 1 unspecified atom stereocenters. The number of aliphatic carboxylic acids is 2. The number of carbonyl (C=O) groups is 2. The van der Waals surface area contributed by atoms with E-state index in [1.54, 1.807) is 30.3 Å². The van der Waals surface area contributed by atoms with Crippen molar-refractivity contribution in [1.82, 2.24) is 0 Å². The van der Waals surface area contributed by atoms with Gasteiger partial charge in [0.1, 0.15) is 0 Å². The minimum atomic E-state index is -1.40. The molecule has 0 saturated carbocycles. The van der Waals surface area contributed by atoms with Crippen LogP contribution in [0.3, 0.4) is 0 Å². The van der Waals surface area contributed by atoms with Crippen LogP contribution in [-0.4, -0.2) is 11.9 Å². The Morgan fingerprint density at radius 3 is 1.94 bits per heavy atom. The zero-order chi connectivity index (χ0) is 10.6. The average molecular weight is 270 g/mol. The first-order chi connectivity index (χ1) is 6.61. The van der Waals surface area contributed by atoms with E-state index in [4.69, 9.17) is 0 Å². The number of hydrogen-bond donors (Lipinski definition) is 0. The Balaban J connectivity index is 0. The fraction of sp³-hybridized carbons (Fsp3) is 0.200. The first-order valence-electron chi connectivity index (χ1n) is 4.07. The second-order valence-corrected chi connectivity index (χ2v) is 2.86. The van der Waals surface area contributed by atoms with Gasteiger partial charge in [-0.2, -0.15) is 0 Å². The maximum absolute atomic E-state index is 10.6. The second-order valence-electron chi connectivity index (χ2n) is 2.86. The summed E-state index contributed by atoms with van der Waals surface area (Å²) in [6, 6.07) is 8.09. The van der Waals surface area contributed by atoms with Gasteiger partial charge >= 0.3 is 103 Å². The molecule has 6 heteroatoms. The number of carboxylic acids is 2. The molecule has 0 fully saturated rings. The van der Waals surface area contributed by atoms with Crippen LogP contribution in [0, 0.1) is 0 Å². The van der Waals surface area contributed by atoms with Gasteiger partial charge in [-0.05, 0) is 12.0 Å². The van der Waals surface area contributed by atoms with E-state index in [0.29, 0.717) is 5.56 Å². The minimum absolute atomic E-state index is 0. The molecule has 0 spiro atoms. The van der Waals surface area contributed by atoms with Crippen LogP contribution in [0.2, 0.25) is 0 Å². The normalized spacial score (nSPS) is 10.5. The van der Waals surface area contributed by atoms with Crippen molar-refractivity contribution < 1.29 is 123 Å². The molecule has 0 aliphatic carbocycles. The third kappa shape index (κ3) is 7.00. The topological polar surface area (TPSA) is 80.3 Å². The molecule has 1 rings (SSSR count). The Kier molecular flexibility index (Phi) is 12.8. The molecule has 0 N–H and O–H groups in total. The zero-order valence-corrected chi connectivity index (χ0v) is 15.6. The molecule has 0 saturated heterocycles. The predicted octanol–water partition coefficient (Wildman–Crippen LogP) is -7.33. The van der Waals surface area contributed by atoms with E-state index in [-0.39, 0.29) is 103 Å². The summed E-state index contributed by atoms with van der Waals surface area (Å²) in [7, 11) is 0. The van der Waals surface area contributed by atoms with Crippen molar-refractivity contribution in [3.8, 4) is 0 Å². The van der Waals surface area contributed by atoms with Gasteiger partial charge in [0.05, 0.1) is 0 Å². The molecular weight excluding hydrogens is 262 g/mol. The second kappa shape index (κ2) is 10.4. The minimum Gasteiger partial charge on any atom is -0.550 e. The van der Waals surface area contributed by atoms with E-state index in [0.717, 1.165) is 0 Å². The van der Waals surface area contributed by atoms with Crippen LogP contribution in [-0.2, 0) is 9.59 Å². The van der Waals surface area contributed by atoms with E-state index in [2.05, 4.69) is 0 Å². The molecule has 1 atom stereocenters. The largest absolute Gasteiger partial charge is 1.00 e. The van der Waals surface area contributed by atoms with Crippen LogP contribution < -0.4 is 113 Å². The number of rotatable bonds is 4. The predicted molar refractivity (Wildman–Crippen MR) is 43.8 cm³/mol. The van der Waals surface area contributed by atoms with Crippen molar-refractivity contribution in [1.29, 1.82) is 0 Å². The van der Waals surface area contributed by atoms with E-state index < -0.39 is 24.3 Å². The number of hydrogen-bond acceptors (Lipinski definition) is 4. The van der Waals surface area contributed by atoms with Crippen molar-refractivity contribution >= 4 is 11.9 Å². The van der Waals surface area contributed by atoms with E-state index in [1.165, 1.54) is 0 Å². The van der Waals surface area contributed by atoms with Gasteiger partial charge in [-0.3, -0.25) is 0 Å². The van der Waals surface area contributed by atoms with Gasteiger partial charge in [-0.25, -0.2) is 0 Å². The third-order valence-electron chi connectivity index (χ3n) is 1.86. The Labute approximate surface area is 179 Å². The molecule has 1 aromatic carbocycles. The molecule has 74 valence electrons. The molecule has 0 amide bonds.